The zero-order valence-corrected chi connectivity index (χ0v) is 14.2. The summed E-state index contributed by atoms with van der Waals surface area (Å²) in [5.74, 6) is 0.430. The standard InChI is InChI=1S/C14H22N4O5S/c1-24-7-5-10(15)13(19)22-8-9-2-3-12(23-9)18-6-4-11(17-21)16-14(18)20/h4,6,9-10,12,21H,2-3,5,7-8,15H2,1H3,(H,16,17,20). The predicted octanol–water partition coefficient (Wildman–Crippen LogP) is 0.346. The number of rotatable bonds is 8. The fraction of sp³-hybridized carbons (Fsp3) is 0.643. The number of aromatic nitrogens is 2. The van der Waals surface area contributed by atoms with Crippen LogP contribution < -0.4 is 16.9 Å². The Hall–Kier alpha value is -1.62. The molecule has 1 aromatic rings. The van der Waals surface area contributed by atoms with Gasteiger partial charge in [-0.15, -0.1) is 0 Å². The molecule has 1 aromatic heterocycles. The molecule has 1 aliphatic heterocycles. The molecule has 0 aliphatic carbocycles. The normalized spacial score (nSPS) is 21.5. The van der Waals surface area contributed by atoms with Crippen LogP contribution in [-0.2, 0) is 14.3 Å². The zero-order valence-electron chi connectivity index (χ0n) is 13.4. The maximum Gasteiger partial charge on any atom is 0.351 e. The van der Waals surface area contributed by atoms with E-state index in [9.17, 15) is 9.59 Å². The maximum absolute atomic E-state index is 11.9. The van der Waals surface area contributed by atoms with Crippen LogP contribution in [0.4, 0.5) is 5.82 Å². The SMILES string of the molecule is CSCCC(N)C(=O)OCC1CCC(n2ccc(NO)nc2=O)O1. The quantitative estimate of drug-likeness (QED) is 0.445. The Bertz CT molecular complexity index is 611. The minimum Gasteiger partial charge on any atom is -0.462 e. The van der Waals surface area contributed by atoms with Crippen LogP contribution in [0.1, 0.15) is 25.5 Å². The van der Waals surface area contributed by atoms with Gasteiger partial charge in [0, 0.05) is 6.20 Å². The second kappa shape index (κ2) is 9.02. The van der Waals surface area contributed by atoms with Crippen molar-refractivity contribution in [3.8, 4) is 0 Å². The zero-order chi connectivity index (χ0) is 17.5. The molecule has 2 rings (SSSR count). The van der Waals surface area contributed by atoms with E-state index in [1.807, 2.05) is 11.7 Å². The number of hydrogen-bond acceptors (Lipinski definition) is 9. The molecule has 3 atom stereocenters. The van der Waals surface area contributed by atoms with Gasteiger partial charge in [0.15, 0.2) is 5.82 Å². The van der Waals surface area contributed by atoms with Crippen molar-refractivity contribution in [3.05, 3.63) is 22.7 Å². The van der Waals surface area contributed by atoms with Crippen molar-refractivity contribution in [1.82, 2.24) is 9.55 Å². The van der Waals surface area contributed by atoms with E-state index >= 15 is 0 Å². The van der Waals surface area contributed by atoms with Crippen LogP contribution in [0.15, 0.2) is 17.1 Å². The van der Waals surface area contributed by atoms with Crippen LogP contribution in [0.2, 0.25) is 0 Å². The van der Waals surface area contributed by atoms with Crippen molar-refractivity contribution in [2.75, 3.05) is 24.1 Å². The Kier molecular flexibility index (Phi) is 7.03. The first-order valence-electron chi connectivity index (χ1n) is 7.61. The van der Waals surface area contributed by atoms with Gasteiger partial charge in [0.2, 0.25) is 0 Å². The molecular formula is C14H22N4O5S. The van der Waals surface area contributed by atoms with Crippen LogP contribution in [0, 0.1) is 0 Å². The number of carbonyl (C=O) groups is 1. The highest BCUT2D eigenvalue weighted by molar-refractivity contribution is 7.98. The van der Waals surface area contributed by atoms with Gasteiger partial charge in [0.25, 0.3) is 0 Å². The summed E-state index contributed by atoms with van der Waals surface area (Å²) in [4.78, 5) is 27.3. The summed E-state index contributed by atoms with van der Waals surface area (Å²) < 4.78 is 12.3. The molecule has 2 heterocycles. The highest BCUT2D eigenvalue weighted by Crippen LogP contribution is 2.27. The van der Waals surface area contributed by atoms with E-state index < -0.39 is 23.9 Å². The second-order valence-corrected chi connectivity index (χ2v) is 6.41. The monoisotopic (exact) mass is 358 g/mol. The number of carbonyl (C=O) groups excluding carboxylic acids is 1. The van der Waals surface area contributed by atoms with Crippen molar-refractivity contribution in [1.29, 1.82) is 0 Å². The average molecular weight is 358 g/mol. The number of nitrogens with two attached hydrogens (primary N) is 1. The number of hydrogen-bond donors (Lipinski definition) is 3. The molecule has 1 saturated heterocycles. The van der Waals surface area contributed by atoms with Gasteiger partial charge in [0.1, 0.15) is 18.9 Å². The molecule has 1 fully saturated rings. The largest absolute Gasteiger partial charge is 0.462 e. The molecule has 134 valence electrons. The topological polar surface area (TPSA) is 129 Å². The van der Waals surface area contributed by atoms with E-state index in [1.54, 1.807) is 11.8 Å². The number of nitrogens with zero attached hydrogens (tertiary/aromatic N) is 2. The highest BCUT2D eigenvalue weighted by Gasteiger charge is 2.29. The molecule has 24 heavy (non-hydrogen) atoms. The smallest absolute Gasteiger partial charge is 0.351 e. The van der Waals surface area contributed by atoms with E-state index in [-0.39, 0.29) is 18.5 Å². The predicted molar refractivity (Wildman–Crippen MR) is 89.0 cm³/mol. The Labute approximate surface area is 143 Å². The molecule has 0 spiro atoms. The molecule has 0 radical (unpaired) electrons. The van der Waals surface area contributed by atoms with Crippen molar-refractivity contribution < 1.29 is 19.5 Å². The summed E-state index contributed by atoms with van der Waals surface area (Å²) in [6.07, 6.45) is 4.52. The summed E-state index contributed by atoms with van der Waals surface area (Å²) in [7, 11) is 0. The number of anilines is 1. The lowest BCUT2D eigenvalue weighted by Gasteiger charge is -2.17. The summed E-state index contributed by atoms with van der Waals surface area (Å²) in [6.45, 7) is 0.112. The lowest BCUT2D eigenvalue weighted by molar-refractivity contribution is -0.150. The van der Waals surface area contributed by atoms with Crippen LogP contribution in [-0.4, -0.2) is 51.5 Å². The number of thioether (sulfide) groups is 1. The Balaban J connectivity index is 1.83. The molecule has 10 heteroatoms. The Morgan fingerprint density at radius 3 is 3.12 bits per heavy atom. The van der Waals surface area contributed by atoms with Gasteiger partial charge >= 0.3 is 11.7 Å². The van der Waals surface area contributed by atoms with Gasteiger partial charge in [-0.3, -0.25) is 20.0 Å². The fourth-order valence-electron chi connectivity index (χ4n) is 2.35. The van der Waals surface area contributed by atoms with Crippen molar-refractivity contribution in [3.63, 3.8) is 0 Å². The van der Waals surface area contributed by atoms with Gasteiger partial charge < -0.3 is 15.2 Å². The maximum atomic E-state index is 11.9. The van der Waals surface area contributed by atoms with Crippen LogP contribution in [0.5, 0.6) is 0 Å². The third-order valence-electron chi connectivity index (χ3n) is 3.69. The van der Waals surface area contributed by atoms with E-state index in [2.05, 4.69) is 4.98 Å². The lowest BCUT2D eigenvalue weighted by Crippen LogP contribution is -2.34. The van der Waals surface area contributed by atoms with Crippen molar-refractivity contribution in [2.45, 2.75) is 37.6 Å². The minimum absolute atomic E-state index is 0.0685. The van der Waals surface area contributed by atoms with E-state index in [1.165, 1.54) is 16.8 Å². The molecule has 0 bridgehead atoms. The van der Waals surface area contributed by atoms with E-state index in [0.717, 1.165) is 5.75 Å². The summed E-state index contributed by atoms with van der Waals surface area (Å²) in [6, 6.07) is 0.836. The van der Waals surface area contributed by atoms with Crippen LogP contribution >= 0.6 is 11.8 Å². The molecule has 0 aromatic carbocycles. The van der Waals surface area contributed by atoms with Gasteiger partial charge in [0.05, 0.1) is 6.10 Å². The number of ether oxygens (including phenoxy) is 2. The summed E-state index contributed by atoms with van der Waals surface area (Å²) in [5, 5.41) is 8.73. The minimum atomic E-state index is -0.625. The first-order valence-corrected chi connectivity index (χ1v) is 9.00. The Morgan fingerprint density at radius 1 is 1.67 bits per heavy atom. The number of nitrogens with one attached hydrogen (secondary N) is 1. The molecule has 1 aliphatic rings. The first-order chi connectivity index (χ1) is 11.5. The molecule has 3 unspecified atom stereocenters. The molecular weight excluding hydrogens is 336 g/mol. The average Bonchev–Trinajstić information content (AvgIpc) is 3.05. The van der Waals surface area contributed by atoms with Crippen molar-refractivity contribution in [2.24, 2.45) is 5.73 Å². The highest BCUT2D eigenvalue weighted by atomic mass is 32.2. The van der Waals surface area contributed by atoms with E-state index in [0.29, 0.717) is 19.3 Å². The molecule has 9 nitrogen and oxygen atoms in total. The van der Waals surface area contributed by atoms with Crippen LogP contribution in [0.25, 0.3) is 0 Å². The van der Waals surface area contributed by atoms with Gasteiger partial charge in [-0.1, -0.05) is 0 Å². The first kappa shape index (κ1) is 18.7. The van der Waals surface area contributed by atoms with Crippen molar-refractivity contribution >= 4 is 23.5 Å². The molecule has 4 N–H and O–H groups in total. The third kappa shape index (κ3) is 4.94. The lowest BCUT2D eigenvalue weighted by atomic mass is 10.2. The molecule has 0 amide bonds. The fourth-order valence-corrected chi connectivity index (χ4v) is 2.84. The number of esters is 1. The van der Waals surface area contributed by atoms with Gasteiger partial charge in [-0.2, -0.15) is 16.7 Å². The second-order valence-electron chi connectivity index (χ2n) is 5.42. The Morgan fingerprint density at radius 2 is 2.46 bits per heavy atom. The summed E-state index contributed by atoms with van der Waals surface area (Å²) >= 11 is 1.62. The van der Waals surface area contributed by atoms with Gasteiger partial charge in [-0.25, -0.2) is 4.79 Å². The summed E-state index contributed by atoms with van der Waals surface area (Å²) in [5.41, 5.74) is 7.03. The third-order valence-corrected chi connectivity index (χ3v) is 4.33. The van der Waals surface area contributed by atoms with Gasteiger partial charge in [-0.05, 0) is 37.3 Å². The van der Waals surface area contributed by atoms with Crippen LogP contribution in [0.3, 0.4) is 0 Å². The van der Waals surface area contributed by atoms with E-state index in [4.69, 9.17) is 20.4 Å². The molecule has 0 saturated carbocycles.